The zero-order valence-corrected chi connectivity index (χ0v) is 16.1. The fourth-order valence-electron chi connectivity index (χ4n) is 5.79. The lowest BCUT2D eigenvalue weighted by atomic mass is 9.52. The molecule has 4 saturated carbocycles. The number of hydrogen-bond acceptors (Lipinski definition) is 3. The van der Waals surface area contributed by atoms with Crippen molar-refractivity contribution in [1.82, 2.24) is 0 Å². The highest BCUT2D eigenvalue weighted by molar-refractivity contribution is 6.34. The lowest BCUT2D eigenvalue weighted by Gasteiger charge is -2.53. The molecule has 4 aliphatic rings. The van der Waals surface area contributed by atoms with Gasteiger partial charge in [0.15, 0.2) is 6.61 Å². The summed E-state index contributed by atoms with van der Waals surface area (Å²) in [5, 5.41) is 3.28. The van der Waals surface area contributed by atoms with Crippen LogP contribution in [0.2, 0.25) is 5.02 Å². The highest BCUT2D eigenvalue weighted by Gasteiger charge is 2.51. The number of nitrogens with one attached hydrogen (secondary N) is 1. The maximum absolute atomic E-state index is 12.6. The Balaban J connectivity index is 1.34. The molecule has 1 amide bonds. The molecule has 0 saturated heterocycles. The summed E-state index contributed by atoms with van der Waals surface area (Å²) >= 11 is 6.22. The lowest BCUT2D eigenvalue weighted by Crippen LogP contribution is -2.48. The van der Waals surface area contributed by atoms with Crippen LogP contribution in [0, 0.1) is 43.4 Å². The monoisotopic (exact) mass is 375 g/mol. The normalized spacial score (nSPS) is 31.7. The van der Waals surface area contributed by atoms with Gasteiger partial charge in [-0.05, 0) is 86.8 Å². The molecule has 4 nitrogen and oxygen atoms in total. The zero-order valence-electron chi connectivity index (χ0n) is 15.4. The first-order valence-electron chi connectivity index (χ1n) is 9.64. The molecule has 140 valence electrons. The Labute approximate surface area is 159 Å². The molecule has 0 radical (unpaired) electrons. The van der Waals surface area contributed by atoms with Gasteiger partial charge >= 0.3 is 5.97 Å². The van der Waals surface area contributed by atoms with E-state index < -0.39 is 0 Å². The van der Waals surface area contributed by atoms with E-state index in [-0.39, 0.29) is 24.4 Å². The number of halogens is 1. The molecular weight excluding hydrogens is 350 g/mol. The van der Waals surface area contributed by atoms with Gasteiger partial charge in [0.05, 0.1) is 16.6 Å². The number of anilines is 1. The topological polar surface area (TPSA) is 55.4 Å². The molecule has 4 aliphatic carbocycles. The molecule has 0 unspecified atom stereocenters. The van der Waals surface area contributed by atoms with Gasteiger partial charge in [0.2, 0.25) is 0 Å². The maximum Gasteiger partial charge on any atom is 0.310 e. The largest absolute Gasteiger partial charge is 0.455 e. The molecule has 4 bridgehead atoms. The first-order chi connectivity index (χ1) is 12.4. The highest BCUT2D eigenvalue weighted by Crippen LogP contribution is 2.56. The molecule has 1 aromatic carbocycles. The molecular formula is C21H26ClNO3. The Bertz CT molecular complexity index is 694. The third-order valence-electron chi connectivity index (χ3n) is 6.54. The summed E-state index contributed by atoms with van der Waals surface area (Å²) in [6, 6.07) is 3.77. The van der Waals surface area contributed by atoms with Crippen LogP contribution in [-0.4, -0.2) is 18.5 Å². The minimum absolute atomic E-state index is 0.000277. The lowest BCUT2D eigenvalue weighted by molar-refractivity contribution is -0.164. The molecule has 0 aliphatic heterocycles. The van der Waals surface area contributed by atoms with Gasteiger partial charge in [-0.2, -0.15) is 0 Å². The molecule has 1 aromatic rings. The highest BCUT2D eigenvalue weighted by atomic mass is 35.5. The van der Waals surface area contributed by atoms with Gasteiger partial charge in [0.1, 0.15) is 0 Å². The van der Waals surface area contributed by atoms with E-state index >= 15 is 0 Å². The second-order valence-electron chi connectivity index (χ2n) is 8.55. The number of carbonyl (C=O) groups excluding carboxylic acids is 2. The summed E-state index contributed by atoms with van der Waals surface area (Å²) in [5.41, 5.74) is 2.53. The van der Waals surface area contributed by atoms with Crippen LogP contribution in [0.3, 0.4) is 0 Å². The summed E-state index contributed by atoms with van der Waals surface area (Å²) < 4.78 is 5.41. The number of aryl methyl sites for hydroxylation is 2. The van der Waals surface area contributed by atoms with Gasteiger partial charge < -0.3 is 10.1 Å². The molecule has 0 heterocycles. The first kappa shape index (κ1) is 17.8. The molecule has 5 heteroatoms. The minimum atomic E-state index is -0.337. The van der Waals surface area contributed by atoms with E-state index in [2.05, 4.69) is 5.32 Å². The number of amides is 1. The second kappa shape index (κ2) is 6.88. The number of benzene rings is 1. The summed E-state index contributed by atoms with van der Waals surface area (Å²) in [6.45, 7) is 3.61. The Morgan fingerprint density at radius 3 is 2.27 bits per heavy atom. The molecule has 4 fully saturated rings. The predicted molar refractivity (Wildman–Crippen MR) is 101 cm³/mol. The second-order valence-corrected chi connectivity index (χ2v) is 8.96. The summed E-state index contributed by atoms with van der Waals surface area (Å²) in [5.74, 6) is 2.05. The van der Waals surface area contributed by atoms with Gasteiger partial charge in [0, 0.05) is 0 Å². The Morgan fingerprint density at radius 2 is 1.69 bits per heavy atom. The maximum atomic E-state index is 12.6. The zero-order chi connectivity index (χ0) is 18.4. The van der Waals surface area contributed by atoms with Crippen molar-refractivity contribution in [3.63, 3.8) is 0 Å². The van der Waals surface area contributed by atoms with Crippen molar-refractivity contribution in [3.05, 3.63) is 28.3 Å². The predicted octanol–water partition coefficient (Wildman–Crippen LogP) is 4.51. The van der Waals surface area contributed by atoms with Crippen molar-refractivity contribution < 1.29 is 14.3 Å². The quantitative estimate of drug-likeness (QED) is 0.787. The van der Waals surface area contributed by atoms with Crippen LogP contribution in [0.5, 0.6) is 0 Å². The fraction of sp³-hybridized carbons (Fsp3) is 0.619. The van der Waals surface area contributed by atoms with Gasteiger partial charge in [-0.3, -0.25) is 9.59 Å². The number of ether oxygens (including phenoxy) is 1. The van der Waals surface area contributed by atoms with Crippen LogP contribution in [0.4, 0.5) is 5.69 Å². The van der Waals surface area contributed by atoms with Crippen LogP contribution in [0.25, 0.3) is 0 Å². The molecule has 0 aromatic heterocycles. The SMILES string of the molecule is Cc1cc(C)c(NC(=O)COC(=O)C2C3CC4CC(C3)CC2C4)c(Cl)c1. The van der Waals surface area contributed by atoms with Crippen molar-refractivity contribution in [2.24, 2.45) is 29.6 Å². The molecule has 0 atom stereocenters. The van der Waals surface area contributed by atoms with Crippen molar-refractivity contribution in [1.29, 1.82) is 0 Å². The van der Waals surface area contributed by atoms with Crippen molar-refractivity contribution in [2.45, 2.75) is 46.0 Å². The van der Waals surface area contributed by atoms with Gasteiger partial charge in [-0.25, -0.2) is 0 Å². The van der Waals surface area contributed by atoms with E-state index in [1.165, 1.54) is 6.42 Å². The van der Waals surface area contributed by atoms with E-state index in [1.807, 2.05) is 26.0 Å². The smallest absolute Gasteiger partial charge is 0.310 e. The van der Waals surface area contributed by atoms with Crippen LogP contribution in [-0.2, 0) is 14.3 Å². The Morgan fingerprint density at radius 1 is 1.08 bits per heavy atom. The standard InChI is InChI=1S/C21H26ClNO3/c1-11-3-12(2)20(17(22)4-11)23-18(24)10-26-21(25)19-15-6-13-5-14(8-15)9-16(19)7-13/h3-4,13-16,19H,5-10H2,1-2H3,(H,23,24). The van der Waals surface area contributed by atoms with Crippen LogP contribution in [0.1, 0.15) is 43.2 Å². The number of hydrogen-bond donors (Lipinski definition) is 1. The number of carbonyl (C=O) groups is 2. The van der Waals surface area contributed by atoms with Crippen molar-refractivity contribution in [3.8, 4) is 0 Å². The number of rotatable bonds is 4. The van der Waals surface area contributed by atoms with E-state index in [9.17, 15) is 9.59 Å². The van der Waals surface area contributed by atoms with Gasteiger partial charge in [-0.15, -0.1) is 0 Å². The first-order valence-corrected chi connectivity index (χ1v) is 10.0. The van der Waals surface area contributed by atoms with Crippen LogP contribution in [0.15, 0.2) is 12.1 Å². The van der Waals surface area contributed by atoms with Crippen LogP contribution < -0.4 is 5.32 Å². The van der Waals surface area contributed by atoms with Crippen molar-refractivity contribution >= 4 is 29.2 Å². The summed E-state index contributed by atoms with van der Waals surface area (Å²) in [4.78, 5) is 24.9. The average Bonchev–Trinajstić information content (AvgIpc) is 2.55. The average molecular weight is 376 g/mol. The third kappa shape index (κ3) is 3.36. The minimum Gasteiger partial charge on any atom is -0.455 e. The number of esters is 1. The van der Waals surface area contributed by atoms with Gasteiger partial charge in [0.25, 0.3) is 5.91 Å². The summed E-state index contributed by atoms with van der Waals surface area (Å²) in [7, 11) is 0. The molecule has 5 rings (SSSR count). The molecule has 0 spiro atoms. The van der Waals surface area contributed by atoms with Crippen molar-refractivity contribution in [2.75, 3.05) is 11.9 Å². The van der Waals surface area contributed by atoms with E-state index in [0.29, 0.717) is 22.5 Å². The summed E-state index contributed by atoms with van der Waals surface area (Å²) in [6.07, 6.45) is 6.01. The van der Waals surface area contributed by atoms with Gasteiger partial charge in [-0.1, -0.05) is 17.7 Å². The third-order valence-corrected chi connectivity index (χ3v) is 6.84. The van der Waals surface area contributed by atoms with E-state index in [1.54, 1.807) is 0 Å². The molecule has 1 N–H and O–H groups in total. The van der Waals surface area contributed by atoms with Crippen LogP contribution >= 0.6 is 11.6 Å². The fourth-order valence-corrected chi connectivity index (χ4v) is 6.16. The Kier molecular flexibility index (Phi) is 4.72. The Hall–Kier alpha value is -1.55. The van der Waals surface area contributed by atoms with E-state index in [4.69, 9.17) is 16.3 Å². The van der Waals surface area contributed by atoms with E-state index in [0.717, 1.165) is 48.6 Å². The molecule has 26 heavy (non-hydrogen) atoms.